The molecule has 0 fully saturated rings. The number of hydrogen-bond acceptors (Lipinski definition) is 5. The SMILES string of the molecule is COc1cc2c(c(C(C)O)c1O)-c1cc3ccncc3c(=O)n1CC2. The Labute approximate surface area is 144 Å². The number of pyridine rings is 2. The third kappa shape index (κ3) is 2.21. The van der Waals surface area contributed by atoms with Gasteiger partial charge >= 0.3 is 0 Å². The summed E-state index contributed by atoms with van der Waals surface area (Å²) in [4.78, 5) is 16.9. The Bertz CT molecular complexity index is 1050. The lowest BCUT2D eigenvalue weighted by molar-refractivity contribution is 0.194. The van der Waals surface area contributed by atoms with Crippen molar-refractivity contribution in [2.45, 2.75) is 26.0 Å². The molecule has 0 spiro atoms. The minimum absolute atomic E-state index is 0.0908. The van der Waals surface area contributed by atoms with E-state index in [4.69, 9.17) is 4.74 Å². The predicted molar refractivity (Wildman–Crippen MR) is 94.0 cm³/mol. The number of rotatable bonds is 2. The zero-order chi connectivity index (χ0) is 17.7. The Hall–Kier alpha value is -2.86. The summed E-state index contributed by atoms with van der Waals surface area (Å²) in [5.41, 5.74) is 2.61. The van der Waals surface area contributed by atoms with E-state index >= 15 is 0 Å². The highest BCUT2D eigenvalue weighted by molar-refractivity contribution is 5.87. The van der Waals surface area contributed by atoms with Gasteiger partial charge in [-0.15, -0.1) is 0 Å². The highest BCUT2D eigenvalue weighted by Crippen LogP contribution is 2.45. The standard InChI is InChI=1S/C19H18N2O4/c1-10(22)16-17-12(8-15(25-2)18(16)23)4-6-21-14(17)7-11-3-5-20-9-13(11)19(21)24/h3,5,7-10,22-23H,4,6H2,1-2H3. The molecule has 3 aromatic rings. The number of aryl methyl sites for hydroxylation is 1. The van der Waals surface area contributed by atoms with E-state index in [-0.39, 0.29) is 11.3 Å². The number of benzene rings is 1. The first-order valence-corrected chi connectivity index (χ1v) is 8.11. The number of aliphatic hydroxyl groups excluding tert-OH is 1. The number of ether oxygens (including phenoxy) is 1. The summed E-state index contributed by atoms with van der Waals surface area (Å²) in [6.45, 7) is 2.12. The van der Waals surface area contributed by atoms with Gasteiger partial charge in [-0.1, -0.05) is 0 Å². The van der Waals surface area contributed by atoms with Crippen molar-refractivity contribution in [2.75, 3.05) is 7.11 Å². The van der Waals surface area contributed by atoms with Crippen LogP contribution in [0.4, 0.5) is 0 Å². The van der Waals surface area contributed by atoms with Crippen molar-refractivity contribution < 1.29 is 14.9 Å². The van der Waals surface area contributed by atoms with Gasteiger partial charge in [0.25, 0.3) is 5.56 Å². The molecule has 2 aromatic heterocycles. The second-order valence-electron chi connectivity index (χ2n) is 6.25. The Morgan fingerprint density at radius 2 is 2.16 bits per heavy atom. The maximum absolute atomic E-state index is 12.8. The van der Waals surface area contributed by atoms with Crippen molar-refractivity contribution in [1.82, 2.24) is 9.55 Å². The predicted octanol–water partition coefficient (Wildman–Crippen LogP) is 2.39. The first-order chi connectivity index (χ1) is 12.0. The molecule has 3 heterocycles. The summed E-state index contributed by atoms with van der Waals surface area (Å²) in [6.07, 6.45) is 2.92. The van der Waals surface area contributed by atoms with Crippen molar-refractivity contribution in [3.63, 3.8) is 0 Å². The molecule has 1 unspecified atom stereocenters. The van der Waals surface area contributed by atoms with E-state index in [1.165, 1.54) is 7.11 Å². The monoisotopic (exact) mass is 338 g/mol. The molecule has 0 bridgehead atoms. The van der Waals surface area contributed by atoms with Gasteiger partial charge in [0.05, 0.1) is 24.3 Å². The molecule has 1 aliphatic rings. The van der Waals surface area contributed by atoms with Gasteiger partial charge in [-0.25, -0.2) is 0 Å². The lowest BCUT2D eigenvalue weighted by atomic mass is 9.88. The fraction of sp³-hybridized carbons (Fsp3) is 0.263. The van der Waals surface area contributed by atoms with E-state index in [0.717, 1.165) is 10.9 Å². The van der Waals surface area contributed by atoms with Gasteiger partial charge in [-0.3, -0.25) is 9.78 Å². The summed E-state index contributed by atoms with van der Waals surface area (Å²) in [7, 11) is 1.48. The lowest BCUT2D eigenvalue weighted by Gasteiger charge is -2.27. The largest absolute Gasteiger partial charge is 0.504 e. The molecule has 0 amide bonds. The molecule has 6 heteroatoms. The molecule has 0 saturated carbocycles. The fourth-order valence-electron chi connectivity index (χ4n) is 3.64. The summed E-state index contributed by atoms with van der Waals surface area (Å²) < 4.78 is 6.93. The van der Waals surface area contributed by atoms with Crippen LogP contribution in [0.1, 0.15) is 24.2 Å². The topological polar surface area (TPSA) is 84.6 Å². The highest BCUT2D eigenvalue weighted by atomic mass is 16.5. The van der Waals surface area contributed by atoms with E-state index in [9.17, 15) is 15.0 Å². The molecule has 0 aliphatic carbocycles. The summed E-state index contributed by atoms with van der Waals surface area (Å²) in [5, 5.41) is 22.2. The van der Waals surface area contributed by atoms with Crippen molar-refractivity contribution in [2.24, 2.45) is 0 Å². The Balaban J connectivity index is 2.13. The molecule has 0 radical (unpaired) electrons. The van der Waals surface area contributed by atoms with E-state index in [0.29, 0.717) is 40.9 Å². The molecule has 25 heavy (non-hydrogen) atoms. The highest BCUT2D eigenvalue weighted by Gasteiger charge is 2.27. The normalized spacial score (nSPS) is 14.0. The zero-order valence-corrected chi connectivity index (χ0v) is 14.0. The molecule has 1 atom stereocenters. The molecule has 1 aliphatic heterocycles. The Kier molecular flexibility index (Phi) is 3.51. The van der Waals surface area contributed by atoms with Crippen LogP contribution in [-0.2, 0) is 13.0 Å². The van der Waals surface area contributed by atoms with Crippen LogP contribution >= 0.6 is 0 Å². The molecule has 0 saturated heterocycles. The maximum Gasteiger partial charge on any atom is 0.260 e. The molecular weight excluding hydrogens is 320 g/mol. The van der Waals surface area contributed by atoms with Crippen LogP contribution in [0.15, 0.2) is 35.4 Å². The zero-order valence-electron chi connectivity index (χ0n) is 14.0. The number of methoxy groups -OCH3 is 1. The molecule has 4 rings (SSSR count). The smallest absolute Gasteiger partial charge is 0.260 e. The number of fused-ring (bicyclic) bond motifs is 4. The van der Waals surface area contributed by atoms with E-state index < -0.39 is 6.10 Å². The van der Waals surface area contributed by atoms with Gasteiger partial charge in [0.15, 0.2) is 11.5 Å². The van der Waals surface area contributed by atoms with Gasteiger partial charge in [-0.05, 0) is 42.5 Å². The minimum atomic E-state index is -0.904. The number of hydrogen-bond donors (Lipinski definition) is 2. The van der Waals surface area contributed by atoms with Crippen LogP contribution in [0.25, 0.3) is 22.0 Å². The van der Waals surface area contributed by atoms with Crippen molar-refractivity contribution in [3.8, 4) is 22.8 Å². The number of phenolic OH excluding ortho intramolecular Hbond substituents is 1. The average Bonchev–Trinajstić information content (AvgIpc) is 2.61. The van der Waals surface area contributed by atoms with Gasteiger partial charge < -0.3 is 19.5 Å². The first-order valence-electron chi connectivity index (χ1n) is 8.11. The second-order valence-corrected chi connectivity index (χ2v) is 6.25. The van der Waals surface area contributed by atoms with Crippen LogP contribution in [-0.4, -0.2) is 26.9 Å². The van der Waals surface area contributed by atoms with Gasteiger partial charge in [-0.2, -0.15) is 0 Å². The molecular formula is C19H18N2O4. The third-order valence-corrected chi connectivity index (χ3v) is 4.80. The van der Waals surface area contributed by atoms with Crippen LogP contribution in [0.3, 0.4) is 0 Å². The van der Waals surface area contributed by atoms with Crippen LogP contribution in [0.2, 0.25) is 0 Å². The number of aromatic nitrogens is 2. The summed E-state index contributed by atoms with van der Waals surface area (Å²) >= 11 is 0. The summed E-state index contributed by atoms with van der Waals surface area (Å²) in [5.74, 6) is 0.238. The van der Waals surface area contributed by atoms with Crippen molar-refractivity contribution >= 4 is 10.8 Å². The molecule has 1 aromatic carbocycles. The summed E-state index contributed by atoms with van der Waals surface area (Å²) in [6, 6.07) is 5.48. The molecule has 128 valence electrons. The molecule has 6 nitrogen and oxygen atoms in total. The van der Waals surface area contributed by atoms with Gasteiger partial charge in [0.1, 0.15) is 0 Å². The number of aliphatic hydroxyl groups is 1. The average molecular weight is 338 g/mol. The third-order valence-electron chi connectivity index (χ3n) is 4.80. The number of phenols is 1. The number of aromatic hydroxyl groups is 1. The fourth-order valence-corrected chi connectivity index (χ4v) is 3.64. The van der Waals surface area contributed by atoms with Crippen molar-refractivity contribution in [1.29, 1.82) is 0 Å². The minimum Gasteiger partial charge on any atom is -0.504 e. The first kappa shape index (κ1) is 15.7. The van der Waals surface area contributed by atoms with Gasteiger partial charge in [0.2, 0.25) is 0 Å². The van der Waals surface area contributed by atoms with Crippen LogP contribution < -0.4 is 10.3 Å². The van der Waals surface area contributed by atoms with E-state index in [1.54, 1.807) is 36.0 Å². The van der Waals surface area contributed by atoms with E-state index in [2.05, 4.69) is 4.98 Å². The number of nitrogens with zero attached hydrogens (tertiary/aromatic N) is 2. The van der Waals surface area contributed by atoms with Crippen molar-refractivity contribution in [3.05, 3.63) is 52.1 Å². The molecule has 2 N–H and O–H groups in total. The van der Waals surface area contributed by atoms with Crippen LogP contribution in [0.5, 0.6) is 11.5 Å². The Morgan fingerprint density at radius 1 is 1.36 bits per heavy atom. The van der Waals surface area contributed by atoms with E-state index in [1.807, 2.05) is 6.07 Å². The lowest BCUT2D eigenvalue weighted by Crippen LogP contribution is -2.27. The van der Waals surface area contributed by atoms with Crippen LogP contribution in [0, 0.1) is 0 Å². The maximum atomic E-state index is 12.8. The quantitative estimate of drug-likeness (QED) is 0.749. The van der Waals surface area contributed by atoms with Gasteiger partial charge in [0, 0.05) is 30.1 Å². The second kappa shape index (κ2) is 5.60. The Morgan fingerprint density at radius 3 is 2.88 bits per heavy atom.